The topological polar surface area (TPSA) is 66.9 Å². The molecule has 4 rings (SSSR count). The van der Waals surface area contributed by atoms with Crippen LogP contribution in [0.1, 0.15) is 27.0 Å². The zero-order chi connectivity index (χ0) is 21.8. The van der Waals surface area contributed by atoms with Crippen LogP contribution >= 0.6 is 0 Å². The Morgan fingerprint density at radius 1 is 0.806 bits per heavy atom. The standard InChI is InChI=1S/C26H24N4O/c1-17-4-7-20(8-5-17)25-27-15-14-24(30-25)28-22-11-9-21(10-12-22)26(31)29-23-13-6-18(2)16-19(23)3/h4-16H,1-3H3,(H,29,31)(H,27,28,30). The molecule has 0 aliphatic rings. The van der Waals surface area contributed by atoms with E-state index in [0.29, 0.717) is 17.2 Å². The summed E-state index contributed by atoms with van der Waals surface area (Å²) < 4.78 is 0. The smallest absolute Gasteiger partial charge is 0.255 e. The summed E-state index contributed by atoms with van der Waals surface area (Å²) in [4.78, 5) is 21.6. The second-order valence-electron chi connectivity index (χ2n) is 7.61. The Kier molecular flexibility index (Phi) is 5.76. The number of rotatable bonds is 5. The summed E-state index contributed by atoms with van der Waals surface area (Å²) in [6.07, 6.45) is 1.73. The summed E-state index contributed by atoms with van der Waals surface area (Å²) in [6, 6.07) is 23.2. The predicted octanol–water partition coefficient (Wildman–Crippen LogP) is 6.06. The molecule has 1 amide bonds. The molecule has 0 radical (unpaired) electrons. The molecule has 31 heavy (non-hydrogen) atoms. The summed E-state index contributed by atoms with van der Waals surface area (Å²) in [6.45, 7) is 6.07. The lowest BCUT2D eigenvalue weighted by Gasteiger charge is -2.10. The Morgan fingerprint density at radius 3 is 2.23 bits per heavy atom. The van der Waals surface area contributed by atoms with Crippen LogP contribution in [0.2, 0.25) is 0 Å². The van der Waals surface area contributed by atoms with Crippen LogP contribution < -0.4 is 10.6 Å². The van der Waals surface area contributed by atoms with Crippen molar-refractivity contribution in [3.05, 3.63) is 101 Å². The zero-order valence-electron chi connectivity index (χ0n) is 17.8. The number of amides is 1. The van der Waals surface area contributed by atoms with Crippen LogP contribution in [0.3, 0.4) is 0 Å². The first kappa shape index (κ1) is 20.3. The number of nitrogens with zero attached hydrogens (tertiary/aromatic N) is 2. The highest BCUT2D eigenvalue weighted by atomic mass is 16.1. The number of hydrogen-bond acceptors (Lipinski definition) is 4. The number of carbonyl (C=O) groups excluding carboxylic acids is 1. The quantitative estimate of drug-likeness (QED) is 0.421. The van der Waals surface area contributed by atoms with Crippen molar-refractivity contribution in [2.45, 2.75) is 20.8 Å². The molecule has 0 fully saturated rings. The van der Waals surface area contributed by atoms with Gasteiger partial charge in [0, 0.05) is 28.7 Å². The molecule has 0 saturated heterocycles. The number of aryl methyl sites for hydroxylation is 3. The van der Waals surface area contributed by atoms with Gasteiger partial charge in [-0.2, -0.15) is 0 Å². The van der Waals surface area contributed by atoms with Crippen LogP contribution in [0.5, 0.6) is 0 Å². The van der Waals surface area contributed by atoms with Crippen molar-refractivity contribution in [2.75, 3.05) is 10.6 Å². The van der Waals surface area contributed by atoms with Crippen molar-refractivity contribution >= 4 is 23.1 Å². The summed E-state index contributed by atoms with van der Waals surface area (Å²) in [7, 11) is 0. The third-order valence-corrected chi connectivity index (χ3v) is 5.01. The highest BCUT2D eigenvalue weighted by molar-refractivity contribution is 6.04. The van der Waals surface area contributed by atoms with E-state index in [2.05, 4.69) is 33.6 Å². The van der Waals surface area contributed by atoms with Gasteiger partial charge in [0.25, 0.3) is 5.91 Å². The van der Waals surface area contributed by atoms with Gasteiger partial charge in [-0.05, 0) is 62.7 Å². The molecule has 2 N–H and O–H groups in total. The summed E-state index contributed by atoms with van der Waals surface area (Å²) >= 11 is 0. The molecule has 0 spiro atoms. The Labute approximate surface area is 182 Å². The van der Waals surface area contributed by atoms with E-state index in [0.717, 1.165) is 22.5 Å². The third kappa shape index (κ3) is 4.95. The molecule has 0 atom stereocenters. The first-order chi connectivity index (χ1) is 15.0. The van der Waals surface area contributed by atoms with Gasteiger partial charge in [0.1, 0.15) is 5.82 Å². The molecule has 1 heterocycles. The maximum Gasteiger partial charge on any atom is 0.255 e. The third-order valence-electron chi connectivity index (χ3n) is 5.01. The van der Waals surface area contributed by atoms with E-state index in [-0.39, 0.29) is 5.91 Å². The van der Waals surface area contributed by atoms with Gasteiger partial charge in [-0.25, -0.2) is 9.97 Å². The number of carbonyl (C=O) groups is 1. The van der Waals surface area contributed by atoms with E-state index in [4.69, 9.17) is 0 Å². The largest absolute Gasteiger partial charge is 0.340 e. The molecule has 0 aliphatic heterocycles. The van der Waals surface area contributed by atoms with Gasteiger partial charge >= 0.3 is 0 Å². The molecule has 0 saturated carbocycles. The van der Waals surface area contributed by atoms with E-state index in [1.807, 2.05) is 68.4 Å². The first-order valence-corrected chi connectivity index (χ1v) is 10.1. The van der Waals surface area contributed by atoms with E-state index in [9.17, 15) is 4.79 Å². The lowest BCUT2D eigenvalue weighted by molar-refractivity contribution is 0.102. The Bertz CT molecular complexity index is 1220. The van der Waals surface area contributed by atoms with Gasteiger partial charge in [-0.1, -0.05) is 47.5 Å². The van der Waals surface area contributed by atoms with Crippen molar-refractivity contribution in [3.63, 3.8) is 0 Å². The fraction of sp³-hybridized carbons (Fsp3) is 0.115. The summed E-state index contributed by atoms with van der Waals surface area (Å²) in [5, 5.41) is 6.25. The molecule has 0 bridgehead atoms. The minimum absolute atomic E-state index is 0.137. The van der Waals surface area contributed by atoms with Crippen LogP contribution in [0.25, 0.3) is 11.4 Å². The van der Waals surface area contributed by atoms with Crippen molar-refractivity contribution in [1.82, 2.24) is 9.97 Å². The fourth-order valence-electron chi connectivity index (χ4n) is 3.27. The SMILES string of the molecule is Cc1ccc(-c2nccc(Nc3ccc(C(=O)Nc4ccc(C)cc4C)cc3)n2)cc1. The van der Waals surface area contributed by atoms with Crippen LogP contribution in [0.4, 0.5) is 17.2 Å². The van der Waals surface area contributed by atoms with Crippen molar-refractivity contribution in [2.24, 2.45) is 0 Å². The lowest BCUT2D eigenvalue weighted by atomic mass is 10.1. The van der Waals surface area contributed by atoms with E-state index >= 15 is 0 Å². The van der Waals surface area contributed by atoms with E-state index in [1.165, 1.54) is 11.1 Å². The van der Waals surface area contributed by atoms with Crippen molar-refractivity contribution in [3.8, 4) is 11.4 Å². The zero-order valence-corrected chi connectivity index (χ0v) is 17.8. The van der Waals surface area contributed by atoms with Crippen LogP contribution in [0.15, 0.2) is 79.0 Å². The first-order valence-electron chi connectivity index (χ1n) is 10.1. The molecule has 3 aromatic carbocycles. The maximum atomic E-state index is 12.6. The second kappa shape index (κ2) is 8.79. The van der Waals surface area contributed by atoms with Gasteiger partial charge in [-0.3, -0.25) is 4.79 Å². The molecule has 0 aliphatic carbocycles. The number of anilines is 3. The van der Waals surface area contributed by atoms with Crippen LogP contribution in [-0.2, 0) is 0 Å². The maximum absolute atomic E-state index is 12.6. The van der Waals surface area contributed by atoms with E-state index in [1.54, 1.807) is 18.3 Å². The number of benzene rings is 3. The second-order valence-corrected chi connectivity index (χ2v) is 7.61. The van der Waals surface area contributed by atoms with E-state index < -0.39 is 0 Å². The molecule has 4 aromatic rings. The van der Waals surface area contributed by atoms with Gasteiger partial charge in [0.2, 0.25) is 0 Å². The average Bonchev–Trinajstić information content (AvgIpc) is 2.77. The normalized spacial score (nSPS) is 10.5. The molecule has 1 aromatic heterocycles. The number of nitrogens with one attached hydrogen (secondary N) is 2. The number of hydrogen-bond donors (Lipinski definition) is 2. The van der Waals surface area contributed by atoms with Crippen molar-refractivity contribution in [1.29, 1.82) is 0 Å². The van der Waals surface area contributed by atoms with Gasteiger partial charge in [-0.15, -0.1) is 0 Å². The van der Waals surface area contributed by atoms with Crippen molar-refractivity contribution < 1.29 is 4.79 Å². The molecular formula is C26H24N4O. The van der Waals surface area contributed by atoms with Crippen LogP contribution in [-0.4, -0.2) is 15.9 Å². The Hall–Kier alpha value is -3.99. The molecule has 5 nitrogen and oxygen atoms in total. The monoisotopic (exact) mass is 408 g/mol. The average molecular weight is 409 g/mol. The molecule has 5 heteroatoms. The molecule has 0 unspecified atom stereocenters. The Morgan fingerprint density at radius 2 is 1.52 bits per heavy atom. The fourth-order valence-corrected chi connectivity index (χ4v) is 3.27. The highest BCUT2D eigenvalue weighted by Gasteiger charge is 2.09. The van der Waals surface area contributed by atoms with Gasteiger partial charge in [0.15, 0.2) is 5.82 Å². The lowest BCUT2D eigenvalue weighted by Crippen LogP contribution is -2.12. The van der Waals surface area contributed by atoms with Gasteiger partial charge < -0.3 is 10.6 Å². The minimum atomic E-state index is -0.137. The van der Waals surface area contributed by atoms with Crippen LogP contribution in [0, 0.1) is 20.8 Å². The predicted molar refractivity (Wildman–Crippen MR) is 126 cm³/mol. The minimum Gasteiger partial charge on any atom is -0.340 e. The highest BCUT2D eigenvalue weighted by Crippen LogP contribution is 2.21. The number of aromatic nitrogens is 2. The van der Waals surface area contributed by atoms with Gasteiger partial charge in [0.05, 0.1) is 0 Å². The molecular weight excluding hydrogens is 384 g/mol. The summed E-state index contributed by atoms with van der Waals surface area (Å²) in [5.74, 6) is 1.22. The summed E-state index contributed by atoms with van der Waals surface area (Å²) in [5.41, 5.74) is 6.63. The molecule has 154 valence electrons. The Balaban J connectivity index is 1.45.